The summed E-state index contributed by atoms with van der Waals surface area (Å²) in [5, 5.41) is 16.7. The molecule has 2 N–H and O–H groups in total. The Morgan fingerprint density at radius 2 is 1.75 bits per heavy atom. The Balaban J connectivity index is 0.000000351. The van der Waals surface area contributed by atoms with Crippen LogP contribution in [0.5, 0.6) is 0 Å². The first-order valence-corrected chi connectivity index (χ1v) is 8.88. The van der Waals surface area contributed by atoms with E-state index in [0.717, 1.165) is 5.52 Å². The number of aryl methyl sites for hydroxylation is 2. The number of para-hydroxylation sites is 2. The highest BCUT2D eigenvalue weighted by Crippen LogP contribution is 2.33. The molecule has 1 aromatic carbocycles. The number of halogens is 3. The van der Waals surface area contributed by atoms with E-state index >= 15 is 0 Å². The molecule has 0 spiro atoms. The maximum Gasteiger partial charge on any atom is 0.342 e. The van der Waals surface area contributed by atoms with E-state index in [0.29, 0.717) is 11.2 Å². The van der Waals surface area contributed by atoms with Gasteiger partial charge in [0.05, 0.1) is 17.5 Å². The lowest BCUT2D eigenvalue weighted by Gasteiger charge is -2.06. The number of carboxylic acids is 2. The van der Waals surface area contributed by atoms with Crippen molar-refractivity contribution in [1.29, 1.82) is 0 Å². The van der Waals surface area contributed by atoms with Crippen molar-refractivity contribution in [3.63, 3.8) is 0 Å². The average Bonchev–Trinajstić information content (AvgIpc) is 2.49. The summed E-state index contributed by atoms with van der Waals surface area (Å²) in [4.78, 5) is 36.5. The summed E-state index contributed by atoms with van der Waals surface area (Å²) in [7, 11) is 1.66. The van der Waals surface area contributed by atoms with E-state index in [1.165, 1.54) is 4.57 Å². The van der Waals surface area contributed by atoms with Gasteiger partial charge in [-0.3, -0.25) is 9.59 Å². The minimum Gasteiger partial charge on any atom is -0.481 e. The van der Waals surface area contributed by atoms with Gasteiger partial charge in [-0.2, -0.15) is 0 Å². The van der Waals surface area contributed by atoms with Crippen molar-refractivity contribution in [2.75, 3.05) is 0 Å². The lowest BCUT2D eigenvalue weighted by Crippen LogP contribution is -2.23. The molecule has 0 aliphatic rings. The molecule has 0 saturated carbocycles. The third-order valence-corrected chi connectivity index (χ3v) is 3.89. The standard InChI is InChI=1S/C12H12N2O3.C2HBr3O2/c1-14-10-5-3-2-4-8(10)13-9(12(14)17)6-7-11(15)16;3-2(4,5)1(6)7/h2-5H,6-7H2,1H3,(H,15,16);(H,6,7). The van der Waals surface area contributed by atoms with Crippen molar-refractivity contribution in [1.82, 2.24) is 9.55 Å². The predicted molar refractivity (Wildman–Crippen MR) is 100 cm³/mol. The summed E-state index contributed by atoms with van der Waals surface area (Å²) in [6.45, 7) is 0. The molecule has 0 radical (unpaired) electrons. The zero-order chi connectivity index (χ0) is 18.5. The Hall–Kier alpha value is -1.26. The van der Waals surface area contributed by atoms with E-state index in [-0.39, 0.29) is 18.4 Å². The lowest BCUT2D eigenvalue weighted by atomic mass is 10.2. The fourth-order valence-electron chi connectivity index (χ4n) is 1.73. The van der Waals surface area contributed by atoms with Crippen molar-refractivity contribution >= 4 is 70.8 Å². The third kappa shape index (κ3) is 5.99. The average molecular weight is 529 g/mol. The zero-order valence-electron chi connectivity index (χ0n) is 12.4. The topological polar surface area (TPSA) is 109 Å². The predicted octanol–water partition coefficient (Wildman–Crippen LogP) is 2.86. The summed E-state index contributed by atoms with van der Waals surface area (Å²) in [5.74, 6) is -1.94. The summed E-state index contributed by atoms with van der Waals surface area (Å²) in [5.41, 5.74) is 1.52. The van der Waals surface area contributed by atoms with Crippen LogP contribution in [0, 0.1) is 0 Å². The monoisotopic (exact) mass is 526 g/mol. The van der Waals surface area contributed by atoms with Gasteiger partial charge >= 0.3 is 11.9 Å². The number of rotatable bonds is 3. The Kier molecular flexibility index (Phi) is 7.56. The lowest BCUT2D eigenvalue weighted by molar-refractivity contribution is -0.137. The number of carbonyl (C=O) groups is 2. The van der Waals surface area contributed by atoms with Gasteiger partial charge in [0, 0.05) is 13.5 Å². The zero-order valence-corrected chi connectivity index (χ0v) is 17.1. The van der Waals surface area contributed by atoms with Crippen LogP contribution in [-0.2, 0) is 23.1 Å². The fraction of sp³-hybridized carbons (Fsp3) is 0.286. The van der Waals surface area contributed by atoms with Crippen LogP contribution in [0.2, 0.25) is 0 Å². The van der Waals surface area contributed by atoms with Gasteiger partial charge in [-0.1, -0.05) is 12.1 Å². The van der Waals surface area contributed by atoms with Crippen LogP contribution in [0.1, 0.15) is 12.1 Å². The highest BCUT2D eigenvalue weighted by atomic mass is 80.0. The summed E-state index contributed by atoms with van der Waals surface area (Å²) >= 11 is 8.33. The summed E-state index contributed by atoms with van der Waals surface area (Å²) < 4.78 is 0.354. The first kappa shape index (κ1) is 20.8. The Morgan fingerprint density at radius 3 is 2.25 bits per heavy atom. The van der Waals surface area contributed by atoms with Crippen LogP contribution in [0.25, 0.3) is 11.0 Å². The van der Waals surface area contributed by atoms with Crippen LogP contribution in [-0.4, -0.2) is 33.8 Å². The van der Waals surface area contributed by atoms with Crippen molar-refractivity contribution in [3.8, 4) is 0 Å². The molecule has 7 nitrogen and oxygen atoms in total. The molecule has 0 atom stereocenters. The van der Waals surface area contributed by atoms with Crippen molar-refractivity contribution in [2.45, 2.75) is 15.0 Å². The molecule has 130 valence electrons. The molecule has 2 aromatic rings. The molecule has 0 amide bonds. The summed E-state index contributed by atoms with van der Waals surface area (Å²) in [6, 6.07) is 7.28. The number of alkyl halides is 3. The molecule has 1 aromatic heterocycles. The van der Waals surface area contributed by atoms with E-state index in [2.05, 4.69) is 52.8 Å². The first-order valence-electron chi connectivity index (χ1n) is 6.50. The van der Waals surface area contributed by atoms with Gasteiger partial charge in [0.1, 0.15) is 5.69 Å². The van der Waals surface area contributed by atoms with Gasteiger partial charge in [0.15, 0.2) is 0 Å². The van der Waals surface area contributed by atoms with Gasteiger partial charge in [-0.25, -0.2) is 9.78 Å². The maximum absolute atomic E-state index is 11.9. The molecule has 0 aliphatic heterocycles. The number of nitrogens with zero attached hydrogens (tertiary/aromatic N) is 2. The highest BCUT2D eigenvalue weighted by molar-refractivity contribution is 9.40. The molecule has 2 rings (SSSR count). The highest BCUT2D eigenvalue weighted by Gasteiger charge is 2.27. The van der Waals surface area contributed by atoms with Crippen LogP contribution in [0.4, 0.5) is 0 Å². The van der Waals surface area contributed by atoms with Crippen LogP contribution in [0.15, 0.2) is 29.1 Å². The van der Waals surface area contributed by atoms with Gasteiger partial charge in [0.2, 0.25) is 2.14 Å². The first-order chi connectivity index (χ1) is 11.0. The Labute approximate surface area is 162 Å². The molecule has 0 fully saturated rings. The quantitative estimate of drug-likeness (QED) is 0.593. The van der Waals surface area contributed by atoms with E-state index in [1.807, 2.05) is 18.2 Å². The van der Waals surface area contributed by atoms with Gasteiger partial charge in [-0.05, 0) is 59.9 Å². The van der Waals surface area contributed by atoms with E-state index in [9.17, 15) is 14.4 Å². The smallest absolute Gasteiger partial charge is 0.342 e. The van der Waals surface area contributed by atoms with Crippen molar-refractivity contribution in [3.05, 3.63) is 40.3 Å². The van der Waals surface area contributed by atoms with Crippen molar-refractivity contribution < 1.29 is 19.8 Å². The molecule has 0 aliphatic carbocycles. The van der Waals surface area contributed by atoms with Crippen LogP contribution < -0.4 is 5.56 Å². The van der Waals surface area contributed by atoms with E-state index in [4.69, 9.17) is 10.2 Å². The van der Waals surface area contributed by atoms with Gasteiger partial charge < -0.3 is 14.8 Å². The number of hydrogen-bond acceptors (Lipinski definition) is 4. The summed E-state index contributed by atoms with van der Waals surface area (Å²) in [6.07, 6.45) is 0.0768. The Morgan fingerprint density at radius 1 is 1.21 bits per heavy atom. The second-order valence-corrected chi connectivity index (χ2v) is 11.4. The molecule has 0 unspecified atom stereocenters. The fourth-order valence-corrected chi connectivity index (χ4v) is 1.73. The number of aromatic nitrogens is 2. The number of hydrogen-bond donors (Lipinski definition) is 2. The van der Waals surface area contributed by atoms with E-state index in [1.54, 1.807) is 13.1 Å². The van der Waals surface area contributed by atoms with Crippen molar-refractivity contribution in [2.24, 2.45) is 7.05 Å². The molecular weight excluding hydrogens is 516 g/mol. The third-order valence-electron chi connectivity index (χ3n) is 2.87. The molecule has 1 heterocycles. The van der Waals surface area contributed by atoms with Gasteiger partial charge in [0.25, 0.3) is 5.56 Å². The van der Waals surface area contributed by atoms with Gasteiger partial charge in [-0.15, -0.1) is 0 Å². The van der Waals surface area contributed by atoms with Crippen LogP contribution >= 0.6 is 47.8 Å². The second kappa shape index (κ2) is 8.72. The second-order valence-electron chi connectivity index (χ2n) is 4.61. The van der Waals surface area contributed by atoms with E-state index < -0.39 is 14.1 Å². The molecule has 0 bridgehead atoms. The molecule has 0 saturated heterocycles. The minimum absolute atomic E-state index is 0.0828. The molecule has 24 heavy (non-hydrogen) atoms. The largest absolute Gasteiger partial charge is 0.481 e. The number of fused-ring (bicyclic) bond motifs is 1. The maximum atomic E-state index is 11.9. The van der Waals surface area contributed by atoms with Crippen LogP contribution in [0.3, 0.4) is 0 Å². The molecule has 10 heteroatoms. The minimum atomic E-state index is -1.15. The number of benzene rings is 1. The molecular formula is C14H13Br3N2O5. The Bertz CT molecular complexity index is 814. The SMILES string of the molecule is Cn1c(=O)c(CCC(=O)O)nc2ccccc21.O=C(O)C(Br)(Br)Br. The number of carboxylic acid groups (broad SMARTS) is 2. The normalized spacial score (nSPS) is 10.8. The number of aliphatic carboxylic acids is 2.